The summed E-state index contributed by atoms with van der Waals surface area (Å²) in [5.74, 6) is 0.230. The molecule has 0 unspecified atom stereocenters. The van der Waals surface area contributed by atoms with E-state index in [4.69, 9.17) is 17.0 Å². The topological polar surface area (TPSA) is 79.5 Å². The van der Waals surface area contributed by atoms with E-state index in [9.17, 15) is 9.59 Å². The summed E-state index contributed by atoms with van der Waals surface area (Å²) >= 11 is 8.63. The molecule has 2 amide bonds. The van der Waals surface area contributed by atoms with Gasteiger partial charge in [0, 0.05) is 22.4 Å². The highest BCUT2D eigenvalue weighted by Gasteiger charge is 2.21. The zero-order valence-corrected chi connectivity index (χ0v) is 19.2. The summed E-state index contributed by atoms with van der Waals surface area (Å²) in [6.07, 6.45) is 0. The third-order valence-corrected chi connectivity index (χ3v) is 4.60. The van der Waals surface area contributed by atoms with Gasteiger partial charge in [0.05, 0.1) is 11.1 Å². The lowest BCUT2D eigenvalue weighted by Gasteiger charge is -2.18. The Labute approximate surface area is 184 Å². The number of carbonyl (C=O) groups is 2. The van der Waals surface area contributed by atoms with E-state index in [0.717, 1.165) is 0 Å². The predicted molar refractivity (Wildman–Crippen MR) is 124 cm³/mol. The van der Waals surface area contributed by atoms with Crippen LogP contribution in [0.4, 0.5) is 11.4 Å². The van der Waals surface area contributed by atoms with Crippen molar-refractivity contribution >= 4 is 56.4 Å². The fraction of sp³-hybridized carbons (Fsp3) is 0.286. The van der Waals surface area contributed by atoms with E-state index in [2.05, 4.69) is 31.9 Å². The summed E-state index contributed by atoms with van der Waals surface area (Å²) in [5, 5.41) is 8.60. The standard InChI is InChI=1S/C21H24BrN3O3S/c1-5-28-17-10-9-13(11-16(17)22)18(26)25-20(29)24-15-8-6-7-14(12-15)23-19(27)21(2,3)4/h6-12H,5H2,1-4H3,(H,23,27)(H2,24,25,26,29). The van der Waals surface area contributed by atoms with E-state index >= 15 is 0 Å². The second-order valence-corrected chi connectivity index (χ2v) is 8.53. The van der Waals surface area contributed by atoms with Gasteiger partial charge in [0.1, 0.15) is 5.75 Å². The normalized spacial score (nSPS) is 10.8. The van der Waals surface area contributed by atoms with Crippen LogP contribution in [-0.2, 0) is 4.79 Å². The molecule has 0 spiro atoms. The number of thiocarbonyl (C=S) groups is 1. The average molecular weight is 478 g/mol. The third-order valence-electron chi connectivity index (χ3n) is 3.78. The molecule has 0 aliphatic carbocycles. The molecular weight excluding hydrogens is 454 g/mol. The second-order valence-electron chi connectivity index (χ2n) is 7.27. The van der Waals surface area contributed by atoms with Crippen LogP contribution in [0.25, 0.3) is 0 Å². The van der Waals surface area contributed by atoms with Gasteiger partial charge < -0.3 is 15.4 Å². The first-order valence-corrected chi connectivity index (χ1v) is 10.3. The Morgan fingerprint density at radius 3 is 2.31 bits per heavy atom. The molecule has 0 aliphatic rings. The summed E-state index contributed by atoms with van der Waals surface area (Å²) in [6, 6.07) is 12.2. The number of carbonyl (C=O) groups excluding carboxylic acids is 2. The fourth-order valence-corrected chi connectivity index (χ4v) is 2.95. The van der Waals surface area contributed by atoms with Crippen molar-refractivity contribution in [2.75, 3.05) is 17.2 Å². The molecule has 0 bridgehead atoms. The summed E-state index contributed by atoms with van der Waals surface area (Å²) in [7, 11) is 0. The molecule has 0 radical (unpaired) electrons. The Hall–Kier alpha value is -2.45. The number of amides is 2. The van der Waals surface area contributed by atoms with Gasteiger partial charge in [0.2, 0.25) is 5.91 Å². The van der Waals surface area contributed by atoms with E-state index in [-0.39, 0.29) is 16.9 Å². The molecule has 0 atom stereocenters. The molecule has 29 heavy (non-hydrogen) atoms. The minimum absolute atomic E-state index is 0.0911. The van der Waals surface area contributed by atoms with Crippen LogP contribution in [0.1, 0.15) is 38.1 Å². The Bertz CT molecular complexity index is 926. The van der Waals surface area contributed by atoms with Crippen LogP contribution in [0.3, 0.4) is 0 Å². The molecule has 2 aromatic rings. The number of hydrogen-bond donors (Lipinski definition) is 3. The van der Waals surface area contributed by atoms with E-state index in [0.29, 0.717) is 33.8 Å². The molecular formula is C21H24BrN3O3S. The quantitative estimate of drug-likeness (QED) is 0.530. The minimum Gasteiger partial charge on any atom is -0.493 e. The van der Waals surface area contributed by atoms with Gasteiger partial charge in [0.15, 0.2) is 5.11 Å². The van der Waals surface area contributed by atoms with Crippen LogP contribution >= 0.6 is 28.1 Å². The number of nitrogens with one attached hydrogen (secondary N) is 3. The number of benzene rings is 2. The highest BCUT2D eigenvalue weighted by Crippen LogP contribution is 2.26. The molecule has 6 nitrogen and oxygen atoms in total. The molecule has 8 heteroatoms. The Balaban J connectivity index is 2.00. The molecule has 0 saturated heterocycles. The molecule has 0 aromatic heterocycles. The lowest BCUT2D eigenvalue weighted by Crippen LogP contribution is -2.34. The van der Waals surface area contributed by atoms with Gasteiger partial charge in [-0.3, -0.25) is 14.9 Å². The zero-order valence-electron chi connectivity index (χ0n) is 16.8. The summed E-state index contributed by atoms with van der Waals surface area (Å²) < 4.78 is 6.13. The van der Waals surface area contributed by atoms with Crippen molar-refractivity contribution in [3.8, 4) is 5.75 Å². The monoisotopic (exact) mass is 477 g/mol. The third kappa shape index (κ3) is 6.83. The van der Waals surface area contributed by atoms with E-state index < -0.39 is 5.41 Å². The Kier molecular flexibility index (Phi) is 7.75. The summed E-state index contributed by atoms with van der Waals surface area (Å²) in [4.78, 5) is 24.6. The van der Waals surface area contributed by atoms with Crippen molar-refractivity contribution in [3.63, 3.8) is 0 Å². The van der Waals surface area contributed by atoms with Crippen LogP contribution in [0.5, 0.6) is 5.75 Å². The van der Waals surface area contributed by atoms with Crippen LogP contribution in [0, 0.1) is 5.41 Å². The van der Waals surface area contributed by atoms with Crippen molar-refractivity contribution in [2.45, 2.75) is 27.7 Å². The largest absolute Gasteiger partial charge is 0.493 e. The van der Waals surface area contributed by atoms with Crippen molar-refractivity contribution in [1.29, 1.82) is 0 Å². The van der Waals surface area contributed by atoms with Gasteiger partial charge in [-0.15, -0.1) is 0 Å². The maximum atomic E-state index is 12.4. The fourth-order valence-electron chi connectivity index (χ4n) is 2.25. The number of ether oxygens (including phenoxy) is 1. The number of anilines is 2. The maximum Gasteiger partial charge on any atom is 0.257 e. The van der Waals surface area contributed by atoms with Crippen molar-refractivity contribution < 1.29 is 14.3 Å². The van der Waals surface area contributed by atoms with E-state index in [1.807, 2.05) is 27.7 Å². The van der Waals surface area contributed by atoms with Crippen LogP contribution < -0.4 is 20.7 Å². The van der Waals surface area contributed by atoms with Gasteiger partial charge in [0.25, 0.3) is 5.91 Å². The molecule has 154 valence electrons. The molecule has 3 N–H and O–H groups in total. The molecule has 2 aromatic carbocycles. The van der Waals surface area contributed by atoms with E-state index in [1.165, 1.54) is 0 Å². The van der Waals surface area contributed by atoms with Crippen molar-refractivity contribution in [3.05, 3.63) is 52.5 Å². The summed E-state index contributed by atoms with van der Waals surface area (Å²) in [6.45, 7) is 7.95. The predicted octanol–water partition coefficient (Wildman–Crippen LogP) is 4.96. The number of halogens is 1. The van der Waals surface area contributed by atoms with Gasteiger partial charge in [-0.05, 0) is 71.5 Å². The molecule has 0 aliphatic heterocycles. The lowest BCUT2D eigenvalue weighted by molar-refractivity contribution is -0.123. The number of hydrogen-bond acceptors (Lipinski definition) is 4. The first-order chi connectivity index (χ1) is 13.6. The van der Waals surface area contributed by atoms with E-state index in [1.54, 1.807) is 42.5 Å². The Morgan fingerprint density at radius 2 is 1.72 bits per heavy atom. The van der Waals surface area contributed by atoms with Crippen molar-refractivity contribution in [2.24, 2.45) is 5.41 Å². The van der Waals surface area contributed by atoms with Gasteiger partial charge in [-0.2, -0.15) is 0 Å². The molecule has 2 rings (SSSR count). The first kappa shape index (κ1) is 22.8. The second kappa shape index (κ2) is 9.84. The van der Waals surface area contributed by atoms with Crippen molar-refractivity contribution in [1.82, 2.24) is 5.32 Å². The van der Waals surface area contributed by atoms with Gasteiger partial charge in [-0.25, -0.2) is 0 Å². The number of rotatable bonds is 5. The summed E-state index contributed by atoms with van der Waals surface area (Å²) in [5.41, 5.74) is 1.23. The average Bonchev–Trinajstić information content (AvgIpc) is 2.62. The minimum atomic E-state index is -0.501. The smallest absolute Gasteiger partial charge is 0.257 e. The van der Waals surface area contributed by atoms with Gasteiger partial charge >= 0.3 is 0 Å². The molecule has 0 saturated carbocycles. The lowest BCUT2D eigenvalue weighted by atomic mass is 9.95. The van der Waals surface area contributed by atoms with Crippen LogP contribution in [-0.4, -0.2) is 23.5 Å². The maximum absolute atomic E-state index is 12.4. The van der Waals surface area contributed by atoms with Gasteiger partial charge in [-0.1, -0.05) is 26.8 Å². The van der Waals surface area contributed by atoms with Crippen LogP contribution in [0.2, 0.25) is 0 Å². The Morgan fingerprint density at radius 1 is 1.07 bits per heavy atom. The van der Waals surface area contributed by atoms with Crippen LogP contribution in [0.15, 0.2) is 46.9 Å². The SMILES string of the molecule is CCOc1ccc(C(=O)NC(=S)Nc2cccc(NC(=O)C(C)(C)C)c2)cc1Br. The highest BCUT2D eigenvalue weighted by molar-refractivity contribution is 9.10. The highest BCUT2D eigenvalue weighted by atomic mass is 79.9. The molecule has 0 heterocycles. The molecule has 0 fully saturated rings. The first-order valence-electron chi connectivity index (χ1n) is 9.06. The zero-order chi connectivity index (χ0) is 21.6.